The number of nitrogens with zero attached hydrogens (tertiary/aromatic N) is 3. The van der Waals surface area contributed by atoms with Crippen LogP contribution in [0.4, 0.5) is 0 Å². The van der Waals surface area contributed by atoms with Crippen LogP contribution in [0.1, 0.15) is 40.4 Å². The minimum atomic E-state index is -0.481. The van der Waals surface area contributed by atoms with Gasteiger partial charge in [0.15, 0.2) is 0 Å². The van der Waals surface area contributed by atoms with Gasteiger partial charge < -0.3 is 15.4 Å². The molecule has 32 heavy (non-hydrogen) atoms. The molecule has 0 bridgehead atoms. The van der Waals surface area contributed by atoms with E-state index in [0.29, 0.717) is 18.5 Å². The Hall–Kier alpha value is -3.74. The third-order valence-corrected chi connectivity index (χ3v) is 5.82. The Morgan fingerprint density at radius 1 is 1.12 bits per heavy atom. The van der Waals surface area contributed by atoms with Crippen molar-refractivity contribution in [2.45, 2.75) is 25.2 Å². The Morgan fingerprint density at radius 2 is 1.91 bits per heavy atom. The zero-order chi connectivity index (χ0) is 22.5. The van der Waals surface area contributed by atoms with Crippen molar-refractivity contribution in [1.82, 2.24) is 14.9 Å². The molecule has 1 aromatic heterocycles. The lowest BCUT2D eigenvalue weighted by atomic mass is 9.91. The Balaban J connectivity index is 1.53. The molecule has 7 nitrogen and oxygen atoms in total. The number of amides is 2. The van der Waals surface area contributed by atoms with E-state index in [2.05, 4.69) is 9.97 Å². The second-order valence-corrected chi connectivity index (χ2v) is 7.94. The first-order valence-electron chi connectivity index (χ1n) is 10.7. The summed E-state index contributed by atoms with van der Waals surface area (Å²) in [6.07, 6.45) is 5.49. The highest BCUT2D eigenvalue weighted by atomic mass is 16.5. The number of benzene rings is 2. The van der Waals surface area contributed by atoms with Gasteiger partial charge in [-0.3, -0.25) is 19.6 Å². The van der Waals surface area contributed by atoms with Gasteiger partial charge in [-0.25, -0.2) is 0 Å². The number of piperidine rings is 1. The fourth-order valence-electron chi connectivity index (χ4n) is 4.15. The van der Waals surface area contributed by atoms with Crippen LogP contribution in [-0.4, -0.2) is 46.9 Å². The molecule has 2 N–H and O–H groups in total. The third kappa shape index (κ3) is 4.77. The Morgan fingerprint density at radius 3 is 2.66 bits per heavy atom. The summed E-state index contributed by atoms with van der Waals surface area (Å²) in [6.45, 7) is 1.33. The number of hydrogen-bond donors (Lipinski definition) is 1. The molecule has 164 valence electrons. The van der Waals surface area contributed by atoms with Gasteiger partial charge in [-0.1, -0.05) is 24.3 Å². The topological polar surface area (TPSA) is 98.4 Å². The fourth-order valence-corrected chi connectivity index (χ4v) is 4.15. The van der Waals surface area contributed by atoms with Crippen LogP contribution in [0.2, 0.25) is 0 Å². The summed E-state index contributed by atoms with van der Waals surface area (Å²) >= 11 is 0. The molecule has 1 aliphatic heterocycles. The summed E-state index contributed by atoms with van der Waals surface area (Å²) in [7, 11) is 1.62. The number of aromatic nitrogens is 2. The molecule has 4 rings (SSSR count). The maximum absolute atomic E-state index is 13.0. The van der Waals surface area contributed by atoms with Crippen molar-refractivity contribution in [3.63, 3.8) is 0 Å². The Kier molecular flexibility index (Phi) is 6.44. The first kappa shape index (κ1) is 21.5. The molecule has 0 spiro atoms. The number of rotatable bonds is 6. The number of nitrogens with two attached hydrogens (primary N) is 1. The van der Waals surface area contributed by atoms with Crippen molar-refractivity contribution < 1.29 is 14.3 Å². The molecule has 7 heteroatoms. The van der Waals surface area contributed by atoms with Crippen molar-refractivity contribution in [3.05, 3.63) is 77.7 Å². The first-order chi connectivity index (χ1) is 15.5. The molecular formula is C25H26N4O3. The van der Waals surface area contributed by atoms with Gasteiger partial charge in [0.05, 0.1) is 24.9 Å². The Bertz CT molecular complexity index is 1110. The van der Waals surface area contributed by atoms with E-state index in [9.17, 15) is 9.59 Å². The molecule has 1 atom stereocenters. The lowest BCUT2D eigenvalue weighted by Gasteiger charge is -2.33. The average Bonchev–Trinajstić information content (AvgIpc) is 2.84. The standard InChI is InChI=1S/C25H26N4O3/c1-32-21-9-7-17(8-10-21)14-22(30)29-13-3-6-20(16-29)24-23(27-11-12-28-24)18-4-2-5-19(15-18)25(26)31/h2,4-5,7-12,15,20H,3,6,13-14,16H2,1H3,(H2,26,31)/t20-/m1/s1. The number of carbonyl (C=O) groups excluding carboxylic acids is 2. The molecule has 0 unspecified atom stereocenters. The van der Waals surface area contributed by atoms with E-state index in [1.54, 1.807) is 37.7 Å². The fraction of sp³-hybridized carbons (Fsp3) is 0.280. The molecular weight excluding hydrogens is 404 g/mol. The van der Waals surface area contributed by atoms with Crippen LogP contribution >= 0.6 is 0 Å². The molecule has 0 radical (unpaired) electrons. The predicted molar refractivity (Wildman–Crippen MR) is 121 cm³/mol. The quantitative estimate of drug-likeness (QED) is 0.648. The minimum Gasteiger partial charge on any atom is -0.497 e. The second kappa shape index (κ2) is 9.60. The van der Waals surface area contributed by atoms with Crippen LogP contribution in [0.25, 0.3) is 11.3 Å². The highest BCUT2D eigenvalue weighted by Crippen LogP contribution is 2.32. The van der Waals surface area contributed by atoms with Gasteiger partial charge in [0.25, 0.3) is 0 Å². The summed E-state index contributed by atoms with van der Waals surface area (Å²) in [5.74, 6) is 0.464. The molecule has 2 aromatic carbocycles. The van der Waals surface area contributed by atoms with Crippen LogP contribution in [0.15, 0.2) is 60.9 Å². The number of hydrogen-bond acceptors (Lipinski definition) is 5. The SMILES string of the molecule is COc1ccc(CC(=O)N2CCC[C@@H](c3nccnc3-c3cccc(C(N)=O)c3)C2)cc1. The highest BCUT2D eigenvalue weighted by molar-refractivity contribution is 5.94. The van der Waals surface area contributed by atoms with Gasteiger partial charge in [-0.05, 0) is 42.7 Å². The van der Waals surface area contributed by atoms with E-state index in [1.807, 2.05) is 35.2 Å². The van der Waals surface area contributed by atoms with Gasteiger partial charge in [0.2, 0.25) is 11.8 Å². The molecule has 2 amide bonds. The van der Waals surface area contributed by atoms with Crippen molar-refractivity contribution >= 4 is 11.8 Å². The maximum Gasteiger partial charge on any atom is 0.248 e. The molecule has 1 aliphatic rings. The summed E-state index contributed by atoms with van der Waals surface area (Å²) < 4.78 is 5.19. The van der Waals surface area contributed by atoms with Crippen LogP contribution in [-0.2, 0) is 11.2 Å². The van der Waals surface area contributed by atoms with Crippen molar-refractivity contribution in [3.8, 4) is 17.0 Å². The molecule has 2 heterocycles. The van der Waals surface area contributed by atoms with Crippen molar-refractivity contribution in [2.24, 2.45) is 5.73 Å². The van der Waals surface area contributed by atoms with Gasteiger partial charge in [-0.2, -0.15) is 0 Å². The summed E-state index contributed by atoms with van der Waals surface area (Å²) in [5, 5.41) is 0. The van der Waals surface area contributed by atoms with Crippen molar-refractivity contribution in [1.29, 1.82) is 0 Å². The summed E-state index contributed by atoms with van der Waals surface area (Å²) in [4.78, 5) is 35.7. The van der Waals surface area contributed by atoms with Crippen molar-refractivity contribution in [2.75, 3.05) is 20.2 Å². The third-order valence-electron chi connectivity index (χ3n) is 5.82. The molecule has 3 aromatic rings. The number of carbonyl (C=O) groups is 2. The lowest BCUT2D eigenvalue weighted by Crippen LogP contribution is -2.40. The lowest BCUT2D eigenvalue weighted by molar-refractivity contribution is -0.131. The van der Waals surface area contributed by atoms with E-state index in [-0.39, 0.29) is 11.8 Å². The number of ether oxygens (including phenoxy) is 1. The largest absolute Gasteiger partial charge is 0.497 e. The van der Waals surface area contributed by atoms with Crippen LogP contribution in [0.5, 0.6) is 5.75 Å². The average molecular weight is 431 g/mol. The normalized spacial score (nSPS) is 15.9. The second-order valence-electron chi connectivity index (χ2n) is 7.94. The smallest absolute Gasteiger partial charge is 0.248 e. The van der Waals surface area contributed by atoms with Gasteiger partial charge in [0, 0.05) is 42.5 Å². The molecule has 0 aliphatic carbocycles. The van der Waals surface area contributed by atoms with E-state index in [4.69, 9.17) is 10.5 Å². The summed E-state index contributed by atoms with van der Waals surface area (Å²) in [5.41, 5.74) is 9.20. The van der Waals surface area contributed by atoms with Crippen LogP contribution in [0, 0.1) is 0 Å². The monoisotopic (exact) mass is 430 g/mol. The maximum atomic E-state index is 13.0. The van der Waals surface area contributed by atoms with Gasteiger partial charge >= 0.3 is 0 Å². The minimum absolute atomic E-state index is 0.0736. The number of primary amides is 1. The highest BCUT2D eigenvalue weighted by Gasteiger charge is 2.28. The Labute approximate surface area is 187 Å². The molecule has 1 fully saturated rings. The van der Waals surface area contributed by atoms with E-state index in [0.717, 1.165) is 47.7 Å². The molecule has 1 saturated heterocycles. The zero-order valence-electron chi connectivity index (χ0n) is 18.0. The number of likely N-dealkylation sites (tertiary alicyclic amines) is 1. The van der Waals surface area contributed by atoms with E-state index >= 15 is 0 Å². The summed E-state index contributed by atoms with van der Waals surface area (Å²) in [6, 6.07) is 14.7. The number of methoxy groups -OCH3 is 1. The van der Waals surface area contributed by atoms with Gasteiger partial charge in [0.1, 0.15) is 5.75 Å². The van der Waals surface area contributed by atoms with E-state index < -0.39 is 5.91 Å². The first-order valence-corrected chi connectivity index (χ1v) is 10.7. The van der Waals surface area contributed by atoms with E-state index in [1.165, 1.54) is 0 Å². The van der Waals surface area contributed by atoms with Crippen LogP contribution in [0.3, 0.4) is 0 Å². The van der Waals surface area contributed by atoms with Crippen LogP contribution < -0.4 is 10.5 Å². The predicted octanol–water partition coefficient (Wildman–Crippen LogP) is 3.20. The zero-order valence-corrected chi connectivity index (χ0v) is 18.0. The molecule has 0 saturated carbocycles. The van der Waals surface area contributed by atoms with Gasteiger partial charge in [-0.15, -0.1) is 0 Å².